The lowest BCUT2D eigenvalue weighted by molar-refractivity contribution is -0.130. The Balaban J connectivity index is 2.51. The smallest absolute Gasteiger partial charge is 0.336 e. The van der Waals surface area contributed by atoms with Crippen molar-refractivity contribution in [1.82, 2.24) is 0 Å². The molecule has 0 aliphatic rings. The fourth-order valence-corrected chi connectivity index (χ4v) is 2.33. The van der Waals surface area contributed by atoms with E-state index in [9.17, 15) is 9.90 Å². The Morgan fingerprint density at radius 3 is 2.22 bits per heavy atom. The summed E-state index contributed by atoms with van der Waals surface area (Å²) in [4.78, 5) is 11.4. The number of aliphatic carboxylic acids is 1. The van der Waals surface area contributed by atoms with Crippen LogP contribution < -0.4 is 0 Å². The molecule has 2 aromatic rings. The second kappa shape index (κ2) is 5.82. The number of hydrogen-bond donors (Lipinski definition) is 1. The lowest BCUT2D eigenvalue weighted by atomic mass is 10.0. The van der Waals surface area contributed by atoms with Gasteiger partial charge in [0, 0.05) is 9.13 Å². The highest BCUT2D eigenvalue weighted by atomic mass is 127. The predicted octanol–water partition coefficient (Wildman–Crippen LogP) is 3.92. The molecule has 1 N–H and O–H groups in total. The van der Waals surface area contributed by atoms with Crippen molar-refractivity contribution in [3.63, 3.8) is 0 Å². The molecule has 0 radical (unpaired) electrons. The van der Waals surface area contributed by atoms with E-state index in [1.54, 1.807) is 6.08 Å². The second-order valence-electron chi connectivity index (χ2n) is 3.75. The monoisotopic (exact) mass is 350 g/mol. The molecule has 0 aromatic heterocycles. The van der Waals surface area contributed by atoms with Crippen molar-refractivity contribution in [2.24, 2.45) is 0 Å². The maximum Gasteiger partial charge on any atom is 0.336 e. The summed E-state index contributed by atoms with van der Waals surface area (Å²) in [6.07, 6.45) is 1.69. The highest BCUT2D eigenvalue weighted by Crippen LogP contribution is 2.23. The van der Waals surface area contributed by atoms with E-state index in [0.29, 0.717) is 5.57 Å². The van der Waals surface area contributed by atoms with Crippen molar-refractivity contribution in [1.29, 1.82) is 0 Å². The molecule has 0 aliphatic heterocycles. The second-order valence-corrected chi connectivity index (χ2v) is 4.92. The Bertz CT molecular complexity index is 588. The summed E-state index contributed by atoms with van der Waals surface area (Å²) in [6.45, 7) is 0. The first-order valence-corrected chi connectivity index (χ1v) is 6.51. The number of carboxylic acid groups (broad SMARTS) is 1. The third-order valence-corrected chi connectivity index (χ3v) is 3.45. The van der Waals surface area contributed by atoms with Crippen molar-refractivity contribution >= 4 is 40.2 Å². The zero-order valence-corrected chi connectivity index (χ0v) is 11.7. The van der Waals surface area contributed by atoms with Gasteiger partial charge in [0.2, 0.25) is 0 Å². The van der Waals surface area contributed by atoms with Crippen LogP contribution in [0.3, 0.4) is 0 Å². The van der Waals surface area contributed by atoms with Gasteiger partial charge < -0.3 is 5.11 Å². The number of rotatable bonds is 3. The highest BCUT2D eigenvalue weighted by Gasteiger charge is 2.12. The molecule has 18 heavy (non-hydrogen) atoms. The van der Waals surface area contributed by atoms with Crippen LogP contribution in [0, 0.1) is 3.57 Å². The minimum Gasteiger partial charge on any atom is -0.478 e. The fraction of sp³-hybridized carbons (Fsp3) is 0. The first-order valence-electron chi connectivity index (χ1n) is 5.43. The molecule has 0 amide bonds. The van der Waals surface area contributed by atoms with Gasteiger partial charge in [-0.1, -0.05) is 48.5 Å². The number of halogens is 1. The fourth-order valence-electron chi connectivity index (χ4n) is 1.65. The normalized spacial score (nSPS) is 11.3. The number of carbonyl (C=O) groups is 1. The van der Waals surface area contributed by atoms with Gasteiger partial charge in [0.05, 0.1) is 5.57 Å². The third-order valence-electron chi connectivity index (χ3n) is 2.51. The van der Waals surface area contributed by atoms with E-state index < -0.39 is 5.97 Å². The van der Waals surface area contributed by atoms with Crippen molar-refractivity contribution in [2.75, 3.05) is 0 Å². The van der Waals surface area contributed by atoms with E-state index in [2.05, 4.69) is 22.6 Å². The van der Waals surface area contributed by atoms with E-state index in [-0.39, 0.29) is 0 Å². The van der Waals surface area contributed by atoms with Gasteiger partial charge in [0.1, 0.15) is 0 Å². The molecule has 0 bridgehead atoms. The van der Waals surface area contributed by atoms with E-state index in [1.165, 1.54) is 0 Å². The number of benzene rings is 2. The number of hydrogen-bond acceptors (Lipinski definition) is 1. The summed E-state index contributed by atoms with van der Waals surface area (Å²) in [6, 6.07) is 16.9. The van der Waals surface area contributed by atoms with E-state index in [4.69, 9.17) is 0 Å². The van der Waals surface area contributed by atoms with Crippen LogP contribution in [0.4, 0.5) is 0 Å². The highest BCUT2D eigenvalue weighted by molar-refractivity contribution is 14.1. The van der Waals surface area contributed by atoms with Gasteiger partial charge in [-0.05, 0) is 40.3 Å². The Labute approximate surface area is 119 Å². The third kappa shape index (κ3) is 2.98. The van der Waals surface area contributed by atoms with Gasteiger partial charge >= 0.3 is 5.97 Å². The molecule has 0 fully saturated rings. The quantitative estimate of drug-likeness (QED) is 0.518. The number of carboxylic acids is 1. The average Bonchev–Trinajstić information content (AvgIpc) is 2.38. The molecule has 3 heteroatoms. The maximum atomic E-state index is 11.4. The van der Waals surface area contributed by atoms with Gasteiger partial charge in [-0.2, -0.15) is 0 Å². The van der Waals surface area contributed by atoms with Crippen LogP contribution in [0.5, 0.6) is 0 Å². The summed E-state index contributed by atoms with van der Waals surface area (Å²) in [5.41, 5.74) is 1.94. The summed E-state index contributed by atoms with van der Waals surface area (Å²) in [7, 11) is 0. The predicted molar refractivity (Wildman–Crippen MR) is 81.1 cm³/mol. The maximum absolute atomic E-state index is 11.4. The molecule has 0 saturated carbocycles. The largest absolute Gasteiger partial charge is 0.478 e. The summed E-state index contributed by atoms with van der Waals surface area (Å²) in [5.74, 6) is -0.914. The van der Waals surface area contributed by atoms with Crippen LogP contribution in [0.25, 0.3) is 11.6 Å². The molecule has 0 atom stereocenters. The van der Waals surface area contributed by atoms with Gasteiger partial charge in [-0.3, -0.25) is 0 Å². The Morgan fingerprint density at radius 2 is 1.61 bits per heavy atom. The van der Waals surface area contributed by atoms with Crippen LogP contribution in [0.1, 0.15) is 11.1 Å². The minimum absolute atomic E-state index is 0.311. The molecule has 2 aromatic carbocycles. The van der Waals surface area contributed by atoms with E-state index in [1.807, 2.05) is 54.6 Å². The van der Waals surface area contributed by atoms with E-state index >= 15 is 0 Å². The van der Waals surface area contributed by atoms with Gasteiger partial charge in [-0.15, -0.1) is 0 Å². The van der Waals surface area contributed by atoms with Crippen LogP contribution in [0.2, 0.25) is 0 Å². The van der Waals surface area contributed by atoms with E-state index in [0.717, 1.165) is 14.7 Å². The Morgan fingerprint density at radius 1 is 1.00 bits per heavy atom. The Hall–Kier alpha value is -1.62. The molecule has 0 spiro atoms. The van der Waals surface area contributed by atoms with Gasteiger partial charge in [-0.25, -0.2) is 4.79 Å². The summed E-state index contributed by atoms with van der Waals surface area (Å²) >= 11 is 2.15. The van der Waals surface area contributed by atoms with Crippen LogP contribution in [-0.2, 0) is 4.79 Å². The van der Waals surface area contributed by atoms with Crippen molar-refractivity contribution in [3.05, 3.63) is 69.3 Å². The van der Waals surface area contributed by atoms with Crippen LogP contribution in [0.15, 0.2) is 54.6 Å². The molecule has 0 saturated heterocycles. The summed E-state index contributed by atoms with van der Waals surface area (Å²) < 4.78 is 0.930. The van der Waals surface area contributed by atoms with Crippen molar-refractivity contribution in [3.8, 4) is 0 Å². The Kier molecular flexibility index (Phi) is 4.15. The average molecular weight is 350 g/mol. The topological polar surface area (TPSA) is 37.3 Å². The van der Waals surface area contributed by atoms with Crippen LogP contribution in [-0.4, -0.2) is 11.1 Å². The SMILES string of the molecule is O=C(O)C(=Cc1ccccc1)c1ccccc1I. The molecular formula is C15H11IO2. The molecular weight excluding hydrogens is 339 g/mol. The molecule has 0 aliphatic carbocycles. The lowest BCUT2D eigenvalue weighted by Gasteiger charge is -2.05. The zero-order chi connectivity index (χ0) is 13.0. The van der Waals surface area contributed by atoms with Gasteiger partial charge in [0.15, 0.2) is 0 Å². The summed E-state index contributed by atoms with van der Waals surface area (Å²) in [5, 5.41) is 9.34. The zero-order valence-electron chi connectivity index (χ0n) is 9.51. The molecule has 2 nitrogen and oxygen atoms in total. The standard InChI is InChI=1S/C15H11IO2/c16-14-9-5-4-8-12(14)13(15(17)18)10-11-6-2-1-3-7-11/h1-10H,(H,17,18). The first-order chi connectivity index (χ1) is 8.68. The van der Waals surface area contributed by atoms with Crippen molar-refractivity contribution < 1.29 is 9.90 Å². The first kappa shape index (κ1) is 12.8. The molecule has 0 heterocycles. The lowest BCUT2D eigenvalue weighted by Crippen LogP contribution is -2.01. The van der Waals surface area contributed by atoms with Crippen LogP contribution >= 0.6 is 22.6 Å². The van der Waals surface area contributed by atoms with Gasteiger partial charge in [0.25, 0.3) is 0 Å². The minimum atomic E-state index is -0.914. The molecule has 2 rings (SSSR count). The van der Waals surface area contributed by atoms with Crippen molar-refractivity contribution in [2.45, 2.75) is 0 Å². The molecule has 90 valence electrons. The molecule has 0 unspecified atom stereocenters.